The minimum Gasteiger partial charge on any atom is -0.354 e. The van der Waals surface area contributed by atoms with Crippen LogP contribution in [0.2, 0.25) is 0 Å². The van der Waals surface area contributed by atoms with Gasteiger partial charge in [-0.2, -0.15) is 5.26 Å². The Bertz CT molecular complexity index is 738. The van der Waals surface area contributed by atoms with E-state index in [1.165, 1.54) is 0 Å². The molecule has 0 spiro atoms. The number of hydrogen-bond donors (Lipinski definition) is 2. The lowest BCUT2D eigenvalue weighted by Gasteiger charge is -2.14. The molecule has 0 radical (unpaired) electrons. The number of aromatic nitrogens is 2. The Morgan fingerprint density at radius 3 is 3.00 bits per heavy atom. The first kappa shape index (κ1) is 14.3. The first-order chi connectivity index (χ1) is 9.58. The SMILES string of the molecule is CCCNC(=O)C(C)n1c(=S)[nH]c2ccc(C#N)cc21. The van der Waals surface area contributed by atoms with Gasteiger partial charge in [0.25, 0.3) is 0 Å². The van der Waals surface area contributed by atoms with Gasteiger partial charge in [-0.3, -0.25) is 4.79 Å². The number of nitrogens with one attached hydrogen (secondary N) is 2. The summed E-state index contributed by atoms with van der Waals surface area (Å²) in [7, 11) is 0. The molecule has 104 valence electrons. The zero-order valence-electron chi connectivity index (χ0n) is 11.4. The third kappa shape index (κ3) is 2.58. The van der Waals surface area contributed by atoms with E-state index in [1.807, 2.05) is 6.92 Å². The molecule has 0 aliphatic carbocycles. The van der Waals surface area contributed by atoms with E-state index in [1.54, 1.807) is 29.7 Å². The molecule has 2 N–H and O–H groups in total. The number of nitriles is 1. The predicted molar refractivity (Wildman–Crippen MR) is 79.8 cm³/mol. The number of benzene rings is 1. The number of carbonyl (C=O) groups is 1. The molecular formula is C14H16N4OS. The van der Waals surface area contributed by atoms with Crippen molar-refractivity contribution in [3.05, 3.63) is 28.5 Å². The van der Waals surface area contributed by atoms with Crippen LogP contribution in [0.3, 0.4) is 0 Å². The summed E-state index contributed by atoms with van der Waals surface area (Å²) in [6, 6.07) is 6.94. The molecule has 0 saturated heterocycles. The number of fused-ring (bicyclic) bond motifs is 1. The fourth-order valence-corrected chi connectivity index (χ4v) is 2.46. The standard InChI is InChI=1S/C14H16N4OS/c1-3-6-16-13(19)9(2)18-12-7-10(8-15)4-5-11(12)17-14(18)20/h4-5,7,9H,3,6H2,1-2H3,(H,16,19)(H,17,20). The normalized spacial score (nSPS) is 12.1. The molecular weight excluding hydrogens is 272 g/mol. The van der Waals surface area contributed by atoms with Crippen LogP contribution in [0.15, 0.2) is 18.2 Å². The molecule has 5 nitrogen and oxygen atoms in total. The van der Waals surface area contributed by atoms with Crippen LogP contribution in [0.25, 0.3) is 11.0 Å². The minimum absolute atomic E-state index is 0.0776. The van der Waals surface area contributed by atoms with Gasteiger partial charge in [0.1, 0.15) is 6.04 Å². The van der Waals surface area contributed by atoms with Gasteiger partial charge in [0, 0.05) is 6.54 Å². The van der Waals surface area contributed by atoms with Gasteiger partial charge < -0.3 is 14.9 Å². The zero-order chi connectivity index (χ0) is 14.7. The quantitative estimate of drug-likeness (QED) is 0.849. The summed E-state index contributed by atoms with van der Waals surface area (Å²) in [5, 5.41) is 11.8. The number of amides is 1. The largest absolute Gasteiger partial charge is 0.354 e. The molecule has 0 aliphatic heterocycles. The highest BCUT2D eigenvalue weighted by atomic mass is 32.1. The van der Waals surface area contributed by atoms with Gasteiger partial charge in [-0.1, -0.05) is 6.92 Å². The number of imidazole rings is 1. The third-order valence-corrected chi connectivity index (χ3v) is 3.46. The fraction of sp³-hybridized carbons (Fsp3) is 0.357. The molecule has 20 heavy (non-hydrogen) atoms. The maximum Gasteiger partial charge on any atom is 0.242 e. The van der Waals surface area contributed by atoms with Crippen molar-refractivity contribution in [2.24, 2.45) is 0 Å². The predicted octanol–water partition coefficient (Wildman–Crippen LogP) is 2.66. The summed E-state index contributed by atoms with van der Waals surface area (Å²) in [5.41, 5.74) is 2.14. The molecule has 0 fully saturated rings. The monoisotopic (exact) mass is 288 g/mol. The summed E-state index contributed by atoms with van der Waals surface area (Å²) < 4.78 is 2.23. The van der Waals surface area contributed by atoms with E-state index < -0.39 is 6.04 Å². The summed E-state index contributed by atoms with van der Waals surface area (Å²) in [5.74, 6) is -0.0776. The van der Waals surface area contributed by atoms with Crippen molar-refractivity contribution >= 4 is 29.2 Å². The third-order valence-electron chi connectivity index (χ3n) is 3.16. The molecule has 1 unspecified atom stereocenters. The van der Waals surface area contributed by atoms with Crippen LogP contribution in [-0.4, -0.2) is 22.0 Å². The molecule has 1 amide bonds. The lowest BCUT2D eigenvalue weighted by atomic mass is 10.2. The molecule has 1 aromatic heterocycles. The van der Waals surface area contributed by atoms with Crippen LogP contribution in [0.5, 0.6) is 0 Å². The maximum atomic E-state index is 12.1. The molecule has 2 rings (SSSR count). The van der Waals surface area contributed by atoms with Gasteiger partial charge >= 0.3 is 0 Å². The van der Waals surface area contributed by atoms with Crippen molar-refractivity contribution in [2.45, 2.75) is 26.3 Å². The van der Waals surface area contributed by atoms with Crippen LogP contribution in [0.4, 0.5) is 0 Å². The molecule has 1 heterocycles. The summed E-state index contributed by atoms with van der Waals surface area (Å²) in [6.07, 6.45) is 0.885. The molecule has 0 bridgehead atoms. The molecule has 1 aromatic carbocycles. The number of nitrogens with zero attached hydrogens (tertiary/aromatic N) is 2. The lowest BCUT2D eigenvalue weighted by molar-refractivity contribution is -0.123. The number of carbonyl (C=O) groups excluding carboxylic acids is 1. The Labute approximate surface area is 122 Å². The first-order valence-electron chi connectivity index (χ1n) is 6.50. The van der Waals surface area contributed by atoms with Gasteiger partial charge in [0.2, 0.25) is 5.91 Å². The van der Waals surface area contributed by atoms with E-state index >= 15 is 0 Å². The van der Waals surface area contributed by atoms with E-state index in [0.717, 1.165) is 17.5 Å². The van der Waals surface area contributed by atoms with Gasteiger partial charge in [-0.15, -0.1) is 0 Å². The summed E-state index contributed by atoms with van der Waals surface area (Å²) >= 11 is 5.28. The second kappa shape index (κ2) is 5.88. The van der Waals surface area contributed by atoms with Crippen LogP contribution in [0.1, 0.15) is 31.9 Å². The number of rotatable bonds is 4. The summed E-state index contributed by atoms with van der Waals surface area (Å²) in [4.78, 5) is 15.2. The van der Waals surface area contributed by atoms with Gasteiger partial charge in [-0.25, -0.2) is 0 Å². The van der Waals surface area contributed by atoms with Crippen LogP contribution in [-0.2, 0) is 4.79 Å². The highest BCUT2D eigenvalue weighted by molar-refractivity contribution is 7.71. The Kier molecular flexibility index (Phi) is 4.20. The molecule has 1 atom stereocenters. The maximum absolute atomic E-state index is 12.1. The molecule has 2 aromatic rings. The van der Waals surface area contributed by atoms with Gasteiger partial charge in [0.05, 0.1) is 22.7 Å². The Balaban J connectivity index is 2.48. The highest BCUT2D eigenvalue weighted by Gasteiger charge is 2.18. The second-order valence-corrected chi connectivity index (χ2v) is 5.00. The second-order valence-electron chi connectivity index (χ2n) is 4.61. The lowest BCUT2D eigenvalue weighted by Crippen LogP contribution is -2.31. The van der Waals surface area contributed by atoms with Crippen molar-refractivity contribution in [2.75, 3.05) is 6.54 Å². The van der Waals surface area contributed by atoms with Crippen molar-refractivity contribution in [1.29, 1.82) is 5.26 Å². The van der Waals surface area contributed by atoms with Crippen LogP contribution >= 0.6 is 12.2 Å². The Morgan fingerprint density at radius 1 is 1.60 bits per heavy atom. The van der Waals surface area contributed by atoms with E-state index in [0.29, 0.717) is 16.9 Å². The number of hydrogen-bond acceptors (Lipinski definition) is 3. The molecule has 0 aliphatic rings. The van der Waals surface area contributed by atoms with E-state index in [4.69, 9.17) is 17.5 Å². The summed E-state index contributed by atoms with van der Waals surface area (Å²) in [6.45, 7) is 4.44. The smallest absolute Gasteiger partial charge is 0.242 e. The van der Waals surface area contributed by atoms with Crippen molar-refractivity contribution in [3.8, 4) is 6.07 Å². The van der Waals surface area contributed by atoms with Crippen LogP contribution < -0.4 is 5.32 Å². The van der Waals surface area contributed by atoms with Crippen molar-refractivity contribution < 1.29 is 4.79 Å². The van der Waals surface area contributed by atoms with Crippen molar-refractivity contribution in [1.82, 2.24) is 14.9 Å². The molecule has 6 heteroatoms. The van der Waals surface area contributed by atoms with Crippen molar-refractivity contribution in [3.63, 3.8) is 0 Å². The topological polar surface area (TPSA) is 73.6 Å². The zero-order valence-corrected chi connectivity index (χ0v) is 12.3. The van der Waals surface area contributed by atoms with E-state index in [2.05, 4.69) is 16.4 Å². The first-order valence-corrected chi connectivity index (χ1v) is 6.91. The van der Waals surface area contributed by atoms with E-state index in [-0.39, 0.29) is 5.91 Å². The number of aromatic amines is 1. The molecule has 0 saturated carbocycles. The fourth-order valence-electron chi connectivity index (χ4n) is 2.09. The van der Waals surface area contributed by atoms with Crippen LogP contribution in [0, 0.1) is 16.1 Å². The average molecular weight is 288 g/mol. The Hall–Kier alpha value is -2.13. The average Bonchev–Trinajstić information content (AvgIpc) is 2.78. The minimum atomic E-state index is -0.420. The number of H-pyrrole nitrogens is 1. The highest BCUT2D eigenvalue weighted by Crippen LogP contribution is 2.20. The Morgan fingerprint density at radius 2 is 2.35 bits per heavy atom. The van der Waals surface area contributed by atoms with E-state index in [9.17, 15) is 4.79 Å². The van der Waals surface area contributed by atoms with Gasteiger partial charge in [0.15, 0.2) is 4.77 Å². The van der Waals surface area contributed by atoms with Gasteiger partial charge in [-0.05, 0) is 43.8 Å².